The van der Waals surface area contributed by atoms with Gasteiger partial charge in [-0.3, -0.25) is 4.98 Å². The molecular weight excluding hydrogens is 1490 g/mol. The molecule has 24 heteroatoms. The van der Waals surface area contributed by atoms with Crippen LogP contribution in [0.15, 0.2) is 277 Å². The summed E-state index contributed by atoms with van der Waals surface area (Å²) in [4.78, 5) is 34.5. The summed E-state index contributed by atoms with van der Waals surface area (Å²) in [6.45, 7) is 0. The summed E-state index contributed by atoms with van der Waals surface area (Å²) in [5.74, 6) is -0.842. The maximum absolute atomic E-state index is 14.6. The van der Waals surface area contributed by atoms with Crippen LogP contribution in [0.4, 0.5) is 19.0 Å². The van der Waals surface area contributed by atoms with Gasteiger partial charge >= 0.3 is 7.12 Å². The average Bonchev–Trinajstić information content (AvgIpc) is 1.59. The van der Waals surface area contributed by atoms with Crippen LogP contribution < -0.4 is 20.7 Å². The van der Waals surface area contributed by atoms with Crippen molar-refractivity contribution in [3.8, 4) is 56.0 Å². The van der Waals surface area contributed by atoms with Crippen molar-refractivity contribution in [3.05, 3.63) is 320 Å². The lowest BCUT2D eigenvalue weighted by atomic mass is 9.78. The molecule has 17 aromatic rings. The first kappa shape index (κ1) is 69.3. The van der Waals surface area contributed by atoms with Crippen LogP contribution in [-0.2, 0) is 0 Å². The van der Waals surface area contributed by atoms with E-state index in [1.807, 2.05) is 128 Å². The molecule has 0 aliphatic carbocycles. The Kier molecular flexibility index (Phi) is 20.9. The van der Waals surface area contributed by atoms with E-state index in [-0.39, 0.29) is 16.7 Å². The quantitative estimate of drug-likeness (QED) is 0.0801. The highest BCUT2D eigenvalue weighted by Crippen LogP contribution is 2.40. The third kappa shape index (κ3) is 15.3. The SMILES string of the molecule is Brc1cccc2cnccc12.Nc1nccc2c(-c3cc(-c4cc(Cl)ccc4F)nc4ncccc34)cccc12.OB(O)c1cc(-c2cc(Cl)ccc2F)nc2ncccc12.[O-][n+]1ccc2c(-c3cc(-c4cc(Cl)ccc4F)nc4ncccc34)cccc2c1.[O-][n+]1ccc2c(Br)cccc2c1. The summed E-state index contributed by atoms with van der Waals surface area (Å²) in [6, 6.07) is 59.9. The molecule has 0 aliphatic rings. The zero-order valence-electron chi connectivity index (χ0n) is 52.8. The van der Waals surface area contributed by atoms with Gasteiger partial charge < -0.3 is 26.2 Å². The second-order valence-corrected chi connectivity index (χ2v) is 25.7. The Morgan fingerprint density at radius 1 is 0.382 bits per heavy atom. The highest BCUT2D eigenvalue weighted by atomic mass is 79.9. The van der Waals surface area contributed by atoms with Gasteiger partial charge in [0.25, 0.3) is 0 Å². The van der Waals surface area contributed by atoms with Crippen molar-refractivity contribution in [2.45, 2.75) is 0 Å². The largest absolute Gasteiger partial charge is 0.619 e. The number of pyridine rings is 10. The van der Waals surface area contributed by atoms with Gasteiger partial charge in [-0.1, -0.05) is 121 Å². The molecule has 498 valence electrons. The molecule has 0 fully saturated rings. The van der Waals surface area contributed by atoms with Gasteiger partial charge in [0.15, 0.2) is 41.7 Å². The highest BCUT2D eigenvalue weighted by Gasteiger charge is 2.21. The number of hydrogen-bond donors (Lipinski definition) is 3. The topological polar surface area (TPSA) is 223 Å². The summed E-state index contributed by atoms with van der Waals surface area (Å²) in [7, 11) is -1.71. The second kappa shape index (κ2) is 30.8. The minimum absolute atomic E-state index is 0.178. The van der Waals surface area contributed by atoms with E-state index in [9.17, 15) is 33.6 Å². The zero-order valence-corrected chi connectivity index (χ0v) is 58.2. The molecule has 10 aromatic heterocycles. The van der Waals surface area contributed by atoms with Gasteiger partial charge in [0, 0.05) is 138 Å². The number of nitrogens with zero attached hydrogens (tertiary/aromatic N) is 10. The molecular formula is C78H48BBr2Cl3F3N11O4. The normalized spacial score (nSPS) is 11.0. The van der Waals surface area contributed by atoms with E-state index in [2.05, 4.69) is 71.7 Å². The molecule has 4 N–H and O–H groups in total. The summed E-state index contributed by atoms with van der Waals surface area (Å²) in [6.07, 6.45) is 16.2. The van der Waals surface area contributed by atoms with Crippen molar-refractivity contribution in [3.63, 3.8) is 0 Å². The Bertz CT molecular complexity index is 6060. The van der Waals surface area contributed by atoms with Gasteiger partial charge in [0.1, 0.15) is 23.3 Å². The fourth-order valence-corrected chi connectivity index (χ4v) is 13.1. The number of fused-ring (bicyclic) bond motifs is 7. The van der Waals surface area contributed by atoms with Gasteiger partial charge in [-0.15, -0.1) is 0 Å². The lowest BCUT2D eigenvalue weighted by Gasteiger charge is -2.13. The lowest BCUT2D eigenvalue weighted by Crippen LogP contribution is -2.31. The van der Waals surface area contributed by atoms with E-state index < -0.39 is 24.6 Å². The summed E-state index contributed by atoms with van der Waals surface area (Å²) < 4.78 is 46.7. The molecule has 0 unspecified atom stereocenters. The van der Waals surface area contributed by atoms with E-state index in [1.54, 1.807) is 67.4 Å². The molecule has 0 bridgehead atoms. The Labute approximate surface area is 611 Å². The van der Waals surface area contributed by atoms with Crippen molar-refractivity contribution < 1.29 is 32.7 Å². The summed E-state index contributed by atoms with van der Waals surface area (Å²) in [5, 5.41) is 52.9. The summed E-state index contributed by atoms with van der Waals surface area (Å²) >= 11 is 25.0. The lowest BCUT2D eigenvalue weighted by molar-refractivity contribution is -0.604. The van der Waals surface area contributed by atoms with Crippen molar-refractivity contribution in [1.29, 1.82) is 0 Å². The third-order valence-corrected chi connectivity index (χ3v) is 18.3. The molecule has 15 nitrogen and oxygen atoms in total. The first-order valence-electron chi connectivity index (χ1n) is 30.9. The van der Waals surface area contributed by atoms with Crippen molar-refractivity contribution >= 4 is 161 Å². The molecule has 102 heavy (non-hydrogen) atoms. The number of aromatic nitrogens is 10. The molecule has 10 heterocycles. The van der Waals surface area contributed by atoms with Gasteiger partial charge in [-0.25, -0.2) is 48.1 Å². The van der Waals surface area contributed by atoms with E-state index in [0.717, 1.165) is 83.7 Å². The van der Waals surface area contributed by atoms with E-state index >= 15 is 0 Å². The van der Waals surface area contributed by atoms with E-state index in [1.165, 1.54) is 84.1 Å². The van der Waals surface area contributed by atoms with Gasteiger partial charge in [-0.2, -0.15) is 9.46 Å². The molecule has 0 atom stereocenters. The number of halogens is 8. The maximum atomic E-state index is 14.6. The molecule has 0 amide bonds. The molecule has 0 radical (unpaired) electrons. The highest BCUT2D eigenvalue weighted by molar-refractivity contribution is 9.11. The van der Waals surface area contributed by atoms with Crippen LogP contribution in [0.5, 0.6) is 0 Å². The zero-order chi connectivity index (χ0) is 71.1. The Morgan fingerprint density at radius 3 is 1.32 bits per heavy atom. The second-order valence-electron chi connectivity index (χ2n) is 22.7. The standard InChI is InChI=1S/C23H14ClFN4.C23H13ClFN3O.C14H9BClFN2O2.C9H6BrNO.C9H6BrN/c24-13-6-7-20(25)19(11-13)21-12-18(17-5-2-9-28-23(17)29-21)14-3-1-4-16-15(14)8-10-27-22(16)26;24-15-6-7-21(25)20(11-15)22-12-19(18-5-2-9-26-23(18)27-22)17-4-1-3-14-13-28(29)10-8-16(14)17;16-8-3-4-12(17)10(6-8)13-7-11(15(20)21)9-2-1-5-18-14(9)19-13;10-9-3-1-2-7-6-11(12)5-4-8(7)9;10-9-3-1-2-7-6-11-5-4-8(7)9/h1-12H,(H2,26,27);1-13H;1-7,20-21H;1-6H;1-6H. The number of nitrogens with two attached hydrogens (primary N) is 1. The number of nitrogen functional groups attached to an aromatic ring is 1. The first-order chi connectivity index (χ1) is 49.4. The van der Waals surface area contributed by atoms with Crippen molar-refractivity contribution in [2.75, 3.05) is 5.73 Å². The molecule has 0 saturated carbocycles. The fraction of sp³-hybridized carbons (Fsp3) is 0. The maximum Gasteiger partial charge on any atom is 0.489 e. The molecule has 0 saturated heterocycles. The predicted molar refractivity (Wildman–Crippen MR) is 407 cm³/mol. The van der Waals surface area contributed by atoms with E-state index in [0.29, 0.717) is 65.7 Å². The first-order valence-corrected chi connectivity index (χ1v) is 33.7. The number of benzene rings is 7. The number of rotatable bonds is 6. The van der Waals surface area contributed by atoms with Crippen LogP contribution in [0, 0.1) is 27.9 Å². The monoisotopic (exact) mass is 1530 g/mol. The van der Waals surface area contributed by atoms with E-state index in [4.69, 9.17) is 40.5 Å². The molecule has 7 aromatic carbocycles. The van der Waals surface area contributed by atoms with Crippen LogP contribution >= 0.6 is 66.7 Å². The van der Waals surface area contributed by atoms with Crippen LogP contribution in [0.2, 0.25) is 15.1 Å². The minimum Gasteiger partial charge on any atom is -0.619 e. The molecule has 0 spiro atoms. The molecule has 17 rings (SSSR count). The van der Waals surface area contributed by atoms with Crippen molar-refractivity contribution in [2.24, 2.45) is 0 Å². The Morgan fingerprint density at radius 2 is 0.804 bits per heavy atom. The van der Waals surface area contributed by atoms with Crippen LogP contribution in [0.25, 0.3) is 132 Å². The average molecular weight is 1540 g/mol. The summed E-state index contributed by atoms with van der Waals surface area (Å²) in [5.41, 5.74) is 13.2. The number of hydrogen-bond acceptors (Lipinski definition) is 13. The predicted octanol–water partition coefficient (Wildman–Crippen LogP) is 18.4. The Hall–Kier alpha value is -11.1. The van der Waals surface area contributed by atoms with Crippen LogP contribution in [0.3, 0.4) is 0 Å². The Balaban J connectivity index is 0.000000119. The minimum atomic E-state index is -1.71. The smallest absolute Gasteiger partial charge is 0.489 e. The number of anilines is 1. The van der Waals surface area contributed by atoms with Crippen LogP contribution in [0.1, 0.15) is 0 Å². The van der Waals surface area contributed by atoms with Crippen LogP contribution in [-0.4, -0.2) is 57.0 Å². The van der Waals surface area contributed by atoms with Gasteiger partial charge in [0.2, 0.25) is 0 Å². The van der Waals surface area contributed by atoms with Gasteiger partial charge in [-0.05, 0) is 178 Å². The fourth-order valence-electron chi connectivity index (χ4n) is 11.5. The van der Waals surface area contributed by atoms with Crippen molar-refractivity contribution in [1.82, 2.24) is 39.9 Å². The molecule has 0 aliphatic heterocycles. The third-order valence-electron chi connectivity index (χ3n) is 16.3. The van der Waals surface area contributed by atoms with Gasteiger partial charge in [0.05, 0.1) is 17.1 Å².